The molecule has 0 amide bonds. The third kappa shape index (κ3) is 4.83. The molecule has 2 rings (SSSR count). The predicted octanol–water partition coefficient (Wildman–Crippen LogP) is 5.15. The van der Waals surface area contributed by atoms with E-state index in [1.165, 1.54) is 15.3 Å². The van der Waals surface area contributed by atoms with Crippen molar-refractivity contribution in [3.05, 3.63) is 50.1 Å². The summed E-state index contributed by atoms with van der Waals surface area (Å²) in [4.78, 5) is 2.68. The molecule has 0 bridgehead atoms. The Kier molecular flexibility index (Phi) is 6.74. The van der Waals surface area contributed by atoms with Gasteiger partial charge < -0.3 is 10.1 Å². The zero-order chi connectivity index (χ0) is 15.1. The van der Waals surface area contributed by atoms with E-state index in [0.717, 1.165) is 36.2 Å². The van der Waals surface area contributed by atoms with E-state index in [2.05, 4.69) is 59.4 Å². The number of para-hydroxylation sites is 1. The summed E-state index contributed by atoms with van der Waals surface area (Å²) in [7, 11) is 0. The fourth-order valence-corrected chi connectivity index (χ4v) is 3.48. The maximum atomic E-state index is 6.07. The Bertz CT molecular complexity index is 568. The third-order valence-corrected chi connectivity index (χ3v) is 5.04. The quantitative estimate of drug-likeness (QED) is 0.651. The van der Waals surface area contributed by atoms with Crippen molar-refractivity contribution in [3.8, 4) is 5.75 Å². The summed E-state index contributed by atoms with van der Waals surface area (Å²) in [5.41, 5.74) is 1.20. The van der Waals surface area contributed by atoms with E-state index in [4.69, 9.17) is 4.74 Å². The average Bonchev–Trinajstić information content (AvgIpc) is 2.95. The lowest BCUT2D eigenvalue weighted by molar-refractivity contribution is 0.303. The van der Waals surface area contributed by atoms with Crippen LogP contribution in [0.4, 0.5) is 0 Å². The Balaban J connectivity index is 2.03. The molecule has 2 aromatic rings. The Morgan fingerprint density at radius 2 is 1.95 bits per heavy atom. The monoisotopic (exact) mass is 367 g/mol. The molecule has 0 saturated heterocycles. The van der Waals surface area contributed by atoms with E-state index in [1.54, 1.807) is 0 Å². The predicted molar refractivity (Wildman–Crippen MR) is 94.2 cm³/mol. The van der Waals surface area contributed by atoms with Crippen LogP contribution in [-0.4, -0.2) is 6.54 Å². The Hall–Kier alpha value is -0.840. The molecule has 0 aliphatic rings. The highest BCUT2D eigenvalue weighted by molar-refractivity contribution is 9.10. The van der Waals surface area contributed by atoms with Gasteiger partial charge in [0.2, 0.25) is 0 Å². The van der Waals surface area contributed by atoms with Crippen LogP contribution in [0.5, 0.6) is 5.75 Å². The first-order valence-corrected chi connectivity index (χ1v) is 9.04. The average molecular weight is 368 g/mol. The van der Waals surface area contributed by atoms with Gasteiger partial charge >= 0.3 is 0 Å². The van der Waals surface area contributed by atoms with Gasteiger partial charge in [-0.1, -0.05) is 26.0 Å². The molecule has 1 aromatic carbocycles. The molecule has 4 heteroatoms. The number of rotatable bonds is 8. The van der Waals surface area contributed by atoms with Gasteiger partial charge in [-0.15, -0.1) is 11.3 Å². The van der Waals surface area contributed by atoms with E-state index in [0.29, 0.717) is 6.61 Å². The second kappa shape index (κ2) is 8.57. The molecular weight excluding hydrogens is 346 g/mol. The lowest BCUT2D eigenvalue weighted by Crippen LogP contribution is -2.14. The first-order chi connectivity index (χ1) is 10.2. The summed E-state index contributed by atoms with van der Waals surface area (Å²) < 4.78 is 7.09. The first-order valence-electron chi connectivity index (χ1n) is 7.43. The summed E-state index contributed by atoms with van der Waals surface area (Å²) >= 11 is 5.43. The van der Waals surface area contributed by atoms with Gasteiger partial charge in [0.05, 0.1) is 4.47 Å². The highest BCUT2D eigenvalue weighted by atomic mass is 79.9. The molecule has 1 heterocycles. The number of benzene rings is 1. The second-order valence-electron chi connectivity index (χ2n) is 4.92. The molecule has 0 saturated carbocycles. The largest absolute Gasteiger partial charge is 0.487 e. The van der Waals surface area contributed by atoms with Gasteiger partial charge in [0.15, 0.2) is 0 Å². The van der Waals surface area contributed by atoms with Gasteiger partial charge in [-0.3, -0.25) is 0 Å². The highest BCUT2D eigenvalue weighted by Crippen LogP contribution is 2.30. The molecule has 0 aliphatic heterocycles. The zero-order valence-corrected chi connectivity index (χ0v) is 15.0. The van der Waals surface area contributed by atoms with Crippen LogP contribution < -0.4 is 10.1 Å². The van der Waals surface area contributed by atoms with Crippen molar-refractivity contribution in [2.45, 2.75) is 39.8 Å². The van der Waals surface area contributed by atoms with Crippen molar-refractivity contribution in [2.24, 2.45) is 0 Å². The highest BCUT2D eigenvalue weighted by Gasteiger charge is 2.09. The zero-order valence-electron chi connectivity index (χ0n) is 12.6. The maximum absolute atomic E-state index is 6.07. The smallest absolute Gasteiger partial charge is 0.138 e. The lowest BCUT2D eigenvalue weighted by Gasteiger charge is -2.13. The molecule has 0 fully saturated rings. The standard InChI is InChI=1S/C17H22BrNOS/c1-3-10-19-11-13-6-5-7-16(18)17(13)20-12-15-9-8-14(4-2)21-15/h5-9,19H,3-4,10-12H2,1-2H3. The SMILES string of the molecule is CCCNCc1cccc(Br)c1OCc1ccc(CC)s1. The van der Waals surface area contributed by atoms with Crippen molar-refractivity contribution >= 4 is 27.3 Å². The number of aryl methyl sites for hydroxylation is 1. The molecule has 0 aliphatic carbocycles. The molecule has 1 aromatic heterocycles. The van der Waals surface area contributed by atoms with Crippen LogP contribution >= 0.6 is 27.3 Å². The minimum absolute atomic E-state index is 0.633. The minimum Gasteiger partial charge on any atom is -0.487 e. The number of thiophene rings is 1. The van der Waals surface area contributed by atoms with E-state index in [-0.39, 0.29) is 0 Å². The van der Waals surface area contributed by atoms with E-state index >= 15 is 0 Å². The fourth-order valence-electron chi connectivity index (χ4n) is 2.09. The Morgan fingerprint density at radius 3 is 2.67 bits per heavy atom. The molecule has 0 unspecified atom stereocenters. The summed E-state index contributed by atoms with van der Waals surface area (Å²) in [6.45, 7) is 6.85. The molecule has 0 atom stereocenters. The van der Waals surface area contributed by atoms with Crippen molar-refractivity contribution in [1.29, 1.82) is 0 Å². The molecule has 21 heavy (non-hydrogen) atoms. The summed E-state index contributed by atoms with van der Waals surface area (Å²) in [6, 6.07) is 10.6. The van der Waals surface area contributed by atoms with Crippen LogP contribution in [0.2, 0.25) is 0 Å². The van der Waals surface area contributed by atoms with Crippen LogP contribution in [0, 0.1) is 0 Å². The van der Waals surface area contributed by atoms with Gasteiger partial charge in [-0.25, -0.2) is 0 Å². The number of ether oxygens (including phenoxy) is 1. The van der Waals surface area contributed by atoms with Gasteiger partial charge in [0.25, 0.3) is 0 Å². The summed E-state index contributed by atoms with van der Waals surface area (Å²) in [5, 5.41) is 3.43. The number of halogens is 1. The minimum atomic E-state index is 0.633. The normalized spacial score (nSPS) is 10.8. The van der Waals surface area contributed by atoms with Gasteiger partial charge in [-0.2, -0.15) is 0 Å². The van der Waals surface area contributed by atoms with Crippen LogP contribution in [0.25, 0.3) is 0 Å². The molecule has 0 spiro atoms. The van der Waals surface area contributed by atoms with Crippen molar-refractivity contribution in [3.63, 3.8) is 0 Å². The van der Waals surface area contributed by atoms with Gasteiger partial charge in [0, 0.05) is 21.9 Å². The molecule has 0 radical (unpaired) electrons. The van der Waals surface area contributed by atoms with E-state index in [1.807, 2.05) is 17.4 Å². The van der Waals surface area contributed by atoms with E-state index in [9.17, 15) is 0 Å². The molecule has 2 nitrogen and oxygen atoms in total. The van der Waals surface area contributed by atoms with Gasteiger partial charge in [-0.05, 0) is 53.5 Å². The maximum Gasteiger partial charge on any atom is 0.138 e. The summed E-state index contributed by atoms with van der Waals surface area (Å²) in [5.74, 6) is 0.951. The Morgan fingerprint density at radius 1 is 1.14 bits per heavy atom. The fraction of sp³-hybridized carbons (Fsp3) is 0.412. The Labute approximate surface area is 139 Å². The van der Waals surface area contributed by atoms with Crippen molar-refractivity contribution in [1.82, 2.24) is 5.32 Å². The van der Waals surface area contributed by atoms with Crippen molar-refractivity contribution < 1.29 is 4.74 Å². The van der Waals surface area contributed by atoms with Crippen LogP contribution in [0.1, 0.15) is 35.6 Å². The van der Waals surface area contributed by atoms with Crippen LogP contribution in [-0.2, 0) is 19.6 Å². The van der Waals surface area contributed by atoms with Crippen LogP contribution in [0.15, 0.2) is 34.8 Å². The first kappa shape index (κ1) is 16.5. The third-order valence-electron chi connectivity index (χ3n) is 3.22. The van der Waals surface area contributed by atoms with Gasteiger partial charge in [0.1, 0.15) is 12.4 Å². The topological polar surface area (TPSA) is 21.3 Å². The number of hydrogen-bond acceptors (Lipinski definition) is 3. The van der Waals surface area contributed by atoms with E-state index < -0.39 is 0 Å². The number of nitrogens with one attached hydrogen (secondary N) is 1. The molecule has 1 N–H and O–H groups in total. The second-order valence-corrected chi connectivity index (χ2v) is 7.02. The van der Waals surface area contributed by atoms with Crippen molar-refractivity contribution in [2.75, 3.05) is 6.54 Å². The summed E-state index contributed by atoms with van der Waals surface area (Å²) in [6.07, 6.45) is 2.23. The lowest BCUT2D eigenvalue weighted by atomic mass is 10.2. The molecular formula is C17H22BrNOS. The molecule has 114 valence electrons. The number of hydrogen-bond donors (Lipinski definition) is 1. The van der Waals surface area contributed by atoms with Crippen LogP contribution in [0.3, 0.4) is 0 Å².